The van der Waals surface area contributed by atoms with Crippen LogP contribution in [0.3, 0.4) is 0 Å². The van der Waals surface area contributed by atoms with Crippen molar-refractivity contribution in [3.05, 3.63) is 0 Å². The van der Waals surface area contributed by atoms with Crippen LogP contribution >= 0.6 is 0 Å². The Labute approximate surface area is 84.7 Å². The third-order valence-corrected chi connectivity index (χ3v) is 2.20. The highest BCUT2D eigenvalue weighted by Gasteiger charge is 2.23. The second-order valence-corrected chi connectivity index (χ2v) is 4.16. The summed E-state index contributed by atoms with van der Waals surface area (Å²) in [5.74, 6) is 0.117. The van der Waals surface area contributed by atoms with Crippen molar-refractivity contribution in [2.24, 2.45) is 11.7 Å². The average molecular weight is 201 g/mol. The SMILES string of the molecule is CC(C)C[C@@H](N)C(=O)OC1CCOC1. The molecule has 0 bridgehead atoms. The smallest absolute Gasteiger partial charge is 0.323 e. The van der Waals surface area contributed by atoms with Crippen LogP contribution in [0.1, 0.15) is 26.7 Å². The maximum absolute atomic E-state index is 11.4. The standard InChI is InChI=1S/C10H19NO3/c1-7(2)5-9(11)10(12)14-8-3-4-13-6-8/h7-9H,3-6,11H2,1-2H3/t8?,9-/m1/s1. The summed E-state index contributed by atoms with van der Waals surface area (Å²) < 4.78 is 10.3. The highest BCUT2D eigenvalue weighted by atomic mass is 16.6. The van der Waals surface area contributed by atoms with E-state index in [1.807, 2.05) is 13.8 Å². The van der Waals surface area contributed by atoms with Gasteiger partial charge >= 0.3 is 5.97 Å². The molecule has 0 aromatic heterocycles. The van der Waals surface area contributed by atoms with Crippen LogP contribution in [0.2, 0.25) is 0 Å². The molecule has 82 valence electrons. The Bertz CT molecular complexity index is 188. The normalized spacial score (nSPS) is 23.9. The van der Waals surface area contributed by atoms with Crippen LogP contribution in [0.15, 0.2) is 0 Å². The highest BCUT2D eigenvalue weighted by molar-refractivity contribution is 5.75. The molecule has 1 aliphatic heterocycles. The van der Waals surface area contributed by atoms with Crippen LogP contribution in [0.5, 0.6) is 0 Å². The van der Waals surface area contributed by atoms with Gasteiger partial charge in [-0.15, -0.1) is 0 Å². The van der Waals surface area contributed by atoms with E-state index in [9.17, 15) is 4.79 Å². The summed E-state index contributed by atoms with van der Waals surface area (Å²) in [7, 11) is 0. The minimum absolute atomic E-state index is 0.0827. The molecule has 0 radical (unpaired) electrons. The van der Waals surface area contributed by atoms with Crippen LogP contribution < -0.4 is 5.73 Å². The Morgan fingerprint density at radius 1 is 1.64 bits per heavy atom. The minimum Gasteiger partial charge on any atom is -0.459 e. The maximum Gasteiger partial charge on any atom is 0.323 e. The number of rotatable bonds is 4. The molecule has 1 heterocycles. The molecule has 0 saturated carbocycles. The van der Waals surface area contributed by atoms with Gasteiger partial charge in [-0.1, -0.05) is 13.8 Å². The Kier molecular flexibility index (Phi) is 4.35. The van der Waals surface area contributed by atoms with Crippen LogP contribution in [0.4, 0.5) is 0 Å². The zero-order valence-corrected chi connectivity index (χ0v) is 8.86. The van der Waals surface area contributed by atoms with Crippen molar-refractivity contribution in [2.45, 2.75) is 38.8 Å². The van der Waals surface area contributed by atoms with Gasteiger partial charge in [0.05, 0.1) is 13.2 Å². The first-order valence-corrected chi connectivity index (χ1v) is 5.13. The number of carbonyl (C=O) groups is 1. The molecule has 4 heteroatoms. The van der Waals surface area contributed by atoms with Crippen molar-refractivity contribution in [2.75, 3.05) is 13.2 Å². The third-order valence-electron chi connectivity index (χ3n) is 2.20. The summed E-state index contributed by atoms with van der Waals surface area (Å²) in [6.45, 7) is 5.26. The van der Waals surface area contributed by atoms with E-state index in [1.54, 1.807) is 0 Å². The van der Waals surface area contributed by atoms with Crippen molar-refractivity contribution in [3.8, 4) is 0 Å². The van der Waals surface area contributed by atoms with E-state index in [1.165, 1.54) is 0 Å². The van der Waals surface area contributed by atoms with Crippen molar-refractivity contribution in [1.82, 2.24) is 0 Å². The van der Waals surface area contributed by atoms with Crippen molar-refractivity contribution in [3.63, 3.8) is 0 Å². The number of hydrogen-bond acceptors (Lipinski definition) is 4. The minimum atomic E-state index is -0.490. The van der Waals surface area contributed by atoms with Crippen molar-refractivity contribution >= 4 is 5.97 Å². The maximum atomic E-state index is 11.4. The Morgan fingerprint density at radius 2 is 2.36 bits per heavy atom. The number of esters is 1. The van der Waals surface area contributed by atoms with Gasteiger partial charge < -0.3 is 15.2 Å². The lowest BCUT2D eigenvalue weighted by molar-refractivity contribution is -0.151. The van der Waals surface area contributed by atoms with Crippen LogP contribution in [0, 0.1) is 5.92 Å². The molecule has 2 N–H and O–H groups in total. The fourth-order valence-electron chi connectivity index (χ4n) is 1.46. The van der Waals surface area contributed by atoms with E-state index in [0.717, 1.165) is 6.42 Å². The van der Waals surface area contributed by atoms with E-state index >= 15 is 0 Å². The van der Waals surface area contributed by atoms with E-state index in [2.05, 4.69) is 0 Å². The van der Waals surface area contributed by atoms with Crippen molar-refractivity contribution in [1.29, 1.82) is 0 Å². The van der Waals surface area contributed by atoms with E-state index in [-0.39, 0.29) is 12.1 Å². The number of hydrogen-bond donors (Lipinski definition) is 1. The molecule has 2 atom stereocenters. The molecule has 0 aromatic rings. The predicted octanol–water partition coefficient (Wildman–Crippen LogP) is 0.692. The predicted molar refractivity (Wildman–Crippen MR) is 52.7 cm³/mol. The quantitative estimate of drug-likeness (QED) is 0.680. The second kappa shape index (κ2) is 5.32. The molecule has 0 spiro atoms. The molecule has 1 rings (SSSR count). The van der Waals surface area contributed by atoms with Gasteiger partial charge in [0.2, 0.25) is 0 Å². The second-order valence-electron chi connectivity index (χ2n) is 4.16. The molecular weight excluding hydrogens is 182 g/mol. The van der Waals surface area contributed by atoms with Crippen LogP contribution in [0.25, 0.3) is 0 Å². The lowest BCUT2D eigenvalue weighted by Crippen LogP contribution is -2.36. The van der Waals surface area contributed by atoms with Gasteiger partial charge in [-0.3, -0.25) is 4.79 Å². The van der Waals surface area contributed by atoms with Gasteiger partial charge in [0.15, 0.2) is 0 Å². The summed E-state index contributed by atoms with van der Waals surface area (Å²) in [5.41, 5.74) is 5.68. The van der Waals surface area contributed by atoms with Crippen LogP contribution in [-0.4, -0.2) is 31.3 Å². The lowest BCUT2D eigenvalue weighted by atomic mass is 10.0. The summed E-state index contributed by atoms with van der Waals surface area (Å²) in [5, 5.41) is 0. The Hall–Kier alpha value is -0.610. The van der Waals surface area contributed by atoms with Gasteiger partial charge in [0.25, 0.3) is 0 Å². The lowest BCUT2D eigenvalue weighted by Gasteiger charge is -2.16. The molecule has 1 fully saturated rings. The van der Waals surface area contributed by atoms with Crippen molar-refractivity contribution < 1.29 is 14.3 Å². The molecule has 1 saturated heterocycles. The molecule has 1 unspecified atom stereocenters. The first-order chi connectivity index (χ1) is 6.59. The number of ether oxygens (including phenoxy) is 2. The molecule has 0 aromatic carbocycles. The van der Waals surface area contributed by atoms with E-state index in [4.69, 9.17) is 15.2 Å². The number of carbonyl (C=O) groups excluding carboxylic acids is 1. The molecule has 4 nitrogen and oxygen atoms in total. The monoisotopic (exact) mass is 201 g/mol. The fourth-order valence-corrected chi connectivity index (χ4v) is 1.46. The van der Waals surface area contributed by atoms with Gasteiger partial charge in [0.1, 0.15) is 12.1 Å². The Morgan fingerprint density at radius 3 is 2.86 bits per heavy atom. The van der Waals surface area contributed by atoms with Gasteiger partial charge in [-0.05, 0) is 12.3 Å². The first kappa shape index (κ1) is 11.5. The Balaban J connectivity index is 2.25. The molecule has 14 heavy (non-hydrogen) atoms. The first-order valence-electron chi connectivity index (χ1n) is 5.13. The van der Waals surface area contributed by atoms with E-state index in [0.29, 0.717) is 25.6 Å². The largest absolute Gasteiger partial charge is 0.459 e. The zero-order valence-electron chi connectivity index (χ0n) is 8.86. The average Bonchev–Trinajstić information content (AvgIpc) is 2.55. The van der Waals surface area contributed by atoms with E-state index < -0.39 is 6.04 Å². The summed E-state index contributed by atoms with van der Waals surface area (Å²) in [6, 6.07) is -0.490. The molecule has 1 aliphatic rings. The zero-order chi connectivity index (χ0) is 10.6. The molecule has 0 aliphatic carbocycles. The van der Waals surface area contributed by atoms with Gasteiger partial charge in [-0.25, -0.2) is 0 Å². The van der Waals surface area contributed by atoms with Gasteiger partial charge in [-0.2, -0.15) is 0 Å². The number of nitrogens with two attached hydrogens (primary N) is 1. The summed E-state index contributed by atoms with van der Waals surface area (Å²) >= 11 is 0. The highest BCUT2D eigenvalue weighted by Crippen LogP contribution is 2.11. The molecular formula is C10H19NO3. The van der Waals surface area contributed by atoms with Gasteiger partial charge in [0, 0.05) is 6.42 Å². The summed E-state index contributed by atoms with van der Waals surface area (Å²) in [6.07, 6.45) is 1.38. The summed E-state index contributed by atoms with van der Waals surface area (Å²) in [4.78, 5) is 11.4. The molecule has 0 amide bonds. The third kappa shape index (κ3) is 3.64. The van der Waals surface area contributed by atoms with Crippen LogP contribution in [-0.2, 0) is 14.3 Å². The fraction of sp³-hybridized carbons (Fsp3) is 0.900. The topological polar surface area (TPSA) is 61.6 Å².